The van der Waals surface area contributed by atoms with Gasteiger partial charge in [-0.3, -0.25) is 4.79 Å². The molecule has 0 aromatic carbocycles. The van der Waals surface area contributed by atoms with E-state index in [0.29, 0.717) is 6.04 Å². The summed E-state index contributed by atoms with van der Waals surface area (Å²) in [6.07, 6.45) is 0. The Morgan fingerprint density at radius 1 is 1.53 bits per heavy atom. The van der Waals surface area contributed by atoms with Crippen molar-refractivity contribution in [3.05, 3.63) is 20.8 Å². The van der Waals surface area contributed by atoms with Gasteiger partial charge in [-0.25, -0.2) is 0 Å². The number of fused-ring (bicyclic) bond motifs is 3. The molecule has 1 aliphatic heterocycles. The number of aryl methyl sites for hydroxylation is 2. The molecule has 1 aliphatic rings. The molecule has 3 nitrogen and oxygen atoms in total. The maximum atomic E-state index is 12.0. The lowest BCUT2D eigenvalue weighted by Gasteiger charge is -2.11. The van der Waals surface area contributed by atoms with Crippen LogP contribution >= 0.6 is 45.7 Å². The van der Waals surface area contributed by atoms with Crippen molar-refractivity contribution in [2.24, 2.45) is 0 Å². The molecule has 0 spiro atoms. The Morgan fingerprint density at radius 2 is 2.29 bits per heavy atom. The van der Waals surface area contributed by atoms with Gasteiger partial charge >= 0.3 is 0 Å². The van der Waals surface area contributed by atoms with E-state index >= 15 is 0 Å². The van der Waals surface area contributed by atoms with Crippen LogP contribution in [0.4, 0.5) is 0 Å². The van der Waals surface area contributed by atoms with Crippen LogP contribution in [-0.4, -0.2) is 19.7 Å². The molecular formula is C11H11IN2OS2. The fourth-order valence-corrected chi connectivity index (χ4v) is 5.64. The van der Waals surface area contributed by atoms with Crippen molar-refractivity contribution >= 4 is 55.9 Å². The quantitative estimate of drug-likeness (QED) is 0.435. The van der Waals surface area contributed by atoms with Gasteiger partial charge in [-0.15, -0.1) is 11.3 Å². The molecule has 90 valence electrons. The second-order valence-electron chi connectivity index (χ2n) is 4.15. The first-order valence-electron chi connectivity index (χ1n) is 5.34. The highest BCUT2D eigenvalue weighted by molar-refractivity contribution is 14.1. The number of thiophene rings is 1. The molecule has 3 rings (SSSR count). The van der Waals surface area contributed by atoms with Crippen LogP contribution in [-0.2, 0) is 0 Å². The molecule has 0 amide bonds. The van der Waals surface area contributed by atoms with E-state index in [0.717, 1.165) is 31.1 Å². The lowest BCUT2D eigenvalue weighted by molar-refractivity contribution is 0.602. The number of hydrogen-bond donors (Lipinski definition) is 0. The molecule has 0 aliphatic carbocycles. The number of aromatic nitrogens is 2. The van der Waals surface area contributed by atoms with Gasteiger partial charge in [-0.2, -0.15) is 4.98 Å². The first kappa shape index (κ1) is 12.0. The van der Waals surface area contributed by atoms with Crippen molar-refractivity contribution in [2.45, 2.75) is 25.0 Å². The summed E-state index contributed by atoms with van der Waals surface area (Å²) in [5.41, 5.74) is 1.04. The third-order valence-electron chi connectivity index (χ3n) is 3.15. The summed E-state index contributed by atoms with van der Waals surface area (Å²) >= 11 is 5.83. The molecule has 2 aromatic heterocycles. The Morgan fingerprint density at radius 3 is 3.00 bits per heavy atom. The van der Waals surface area contributed by atoms with Crippen LogP contribution in [0.5, 0.6) is 0 Å². The van der Waals surface area contributed by atoms with E-state index in [2.05, 4.69) is 39.1 Å². The Hall–Kier alpha value is -0.0800. The average Bonchev–Trinajstić information content (AvgIpc) is 2.82. The highest BCUT2D eigenvalue weighted by atomic mass is 127. The van der Waals surface area contributed by atoms with Crippen LogP contribution in [0.15, 0.2) is 9.95 Å². The fraction of sp³-hybridized carbons (Fsp3) is 0.455. The van der Waals surface area contributed by atoms with E-state index in [1.165, 1.54) is 4.88 Å². The van der Waals surface area contributed by atoms with Crippen molar-refractivity contribution in [2.75, 3.05) is 10.2 Å². The number of hydrogen-bond acceptors (Lipinski definition) is 4. The molecule has 0 bridgehead atoms. The maximum Gasteiger partial charge on any atom is 0.282 e. The summed E-state index contributed by atoms with van der Waals surface area (Å²) in [6.45, 7) is 4.10. The third kappa shape index (κ3) is 1.67. The van der Waals surface area contributed by atoms with Crippen molar-refractivity contribution in [3.8, 4) is 0 Å². The summed E-state index contributed by atoms with van der Waals surface area (Å²) < 4.78 is 3.33. The summed E-state index contributed by atoms with van der Waals surface area (Å²) in [4.78, 5) is 18.6. The van der Waals surface area contributed by atoms with Crippen molar-refractivity contribution in [1.82, 2.24) is 9.55 Å². The van der Waals surface area contributed by atoms with Gasteiger partial charge < -0.3 is 4.57 Å². The smallest absolute Gasteiger partial charge is 0.282 e. The van der Waals surface area contributed by atoms with Gasteiger partial charge in [0.05, 0.1) is 11.4 Å². The van der Waals surface area contributed by atoms with Crippen molar-refractivity contribution in [1.29, 1.82) is 0 Å². The zero-order valence-electron chi connectivity index (χ0n) is 9.49. The minimum Gasteiger partial charge on any atom is -0.307 e. The monoisotopic (exact) mass is 378 g/mol. The van der Waals surface area contributed by atoms with Gasteiger partial charge in [0.2, 0.25) is 0 Å². The van der Waals surface area contributed by atoms with E-state index in [-0.39, 0.29) is 5.56 Å². The van der Waals surface area contributed by atoms with Crippen LogP contribution in [0.25, 0.3) is 10.2 Å². The highest BCUT2D eigenvalue weighted by Gasteiger charge is 2.27. The zero-order chi connectivity index (χ0) is 12.2. The van der Waals surface area contributed by atoms with E-state index in [4.69, 9.17) is 0 Å². The molecule has 0 unspecified atom stereocenters. The maximum absolute atomic E-state index is 12.0. The Labute approximate surface area is 121 Å². The Bertz CT molecular complexity index is 662. The molecule has 3 heterocycles. The Balaban J connectivity index is 2.45. The SMILES string of the molecule is Cc1sc2c(c1C)c(=O)nc1n2[C@H](CI)CS1. The molecular weight excluding hydrogens is 367 g/mol. The number of thioether (sulfide) groups is 1. The number of halogens is 1. The number of rotatable bonds is 1. The largest absolute Gasteiger partial charge is 0.307 e. The van der Waals surface area contributed by atoms with E-state index < -0.39 is 0 Å². The second kappa shape index (κ2) is 4.24. The highest BCUT2D eigenvalue weighted by Crippen LogP contribution is 2.38. The Kier molecular flexibility index (Phi) is 2.99. The molecule has 1 atom stereocenters. The van der Waals surface area contributed by atoms with E-state index in [1.54, 1.807) is 23.1 Å². The van der Waals surface area contributed by atoms with Gasteiger partial charge in [-0.1, -0.05) is 34.4 Å². The van der Waals surface area contributed by atoms with Gasteiger partial charge in [0.25, 0.3) is 5.56 Å². The zero-order valence-corrected chi connectivity index (χ0v) is 13.3. The molecule has 17 heavy (non-hydrogen) atoms. The molecule has 0 N–H and O–H groups in total. The predicted octanol–water partition coefficient (Wildman–Crippen LogP) is 3.16. The van der Waals surface area contributed by atoms with E-state index in [1.807, 2.05) is 6.92 Å². The van der Waals surface area contributed by atoms with Crippen LogP contribution in [0.3, 0.4) is 0 Å². The van der Waals surface area contributed by atoms with E-state index in [9.17, 15) is 4.79 Å². The van der Waals surface area contributed by atoms with Crippen molar-refractivity contribution in [3.63, 3.8) is 0 Å². The van der Waals surface area contributed by atoms with Crippen molar-refractivity contribution < 1.29 is 0 Å². The first-order valence-corrected chi connectivity index (χ1v) is 8.67. The van der Waals surface area contributed by atoms with Crippen LogP contribution in [0, 0.1) is 13.8 Å². The lowest BCUT2D eigenvalue weighted by atomic mass is 10.2. The normalized spacial score (nSPS) is 18.9. The topological polar surface area (TPSA) is 34.9 Å². The van der Waals surface area contributed by atoms with Gasteiger partial charge in [0.1, 0.15) is 4.83 Å². The molecule has 0 saturated heterocycles. The average molecular weight is 378 g/mol. The fourth-order valence-electron chi connectivity index (χ4n) is 2.10. The van der Waals surface area contributed by atoms with Gasteiger partial charge in [0.15, 0.2) is 5.16 Å². The summed E-state index contributed by atoms with van der Waals surface area (Å²) in [6, 6.07) is 0.476. The number of nitrogens with zero attached hydrogens (tertiary/aromatic N) is 2. The van der Waals surface area contributed by atoms with Gasteiger partial charge in [0, 0.05) is 15.1 Å². The molecule has 2 aromatic rings. The molecule has 0 saturated carbocycles. The first-order chi connectivity index (χ1) is 8.13. The summed E-state index contributed by atoms with van der Waals surface area (Å²) in [5.74, 6) is 1.03. The van der Waals surface area contributed by atoms with Crippen LogP contribution in [0.1, 0.15) is 16.5 Å². The van der Waals surface area contributed by atoms with Crippen LogP contribution in [0.2, 0.25) is 0 Å². The lowest BCUT2D eigenvalue weighted by Crippen LogP contribution is -2.16. The minimum atomic E-state index is -0.0605. The molecule has 6 heteroatoms. The molecule has 0 fully saturated rings. The van der Waals surface area contributed by atoms with Gasteiger partial charge in [-0.05, 0) is 19.4 Å². The minimum absolute atomic E-state index is 0.0605. The second-order valence-corrected chi connectivity index (χ2v) is 7.22. The van der Waals surface area contributed by atoms with Crippen LogP contribution < -0.4 is 5.56 Å². The standard InChI is InChI=1S/C11H11IN2OS2/c1-5-6(2)17-10-8(5)9(15)13-11-14(10)7(3-12)4-16-11/h7H,3-4H2,1-2H3/t7-/m1/s1. The molecule has 0 radical (unpaired) electrons. The summed E-state index contributed by atoms with van der Waals surface area (Å²) in [5, 5.41) is 1.72. The third-order valence-corrected chi connectivity index (χ3v) is 6.47. The number of alkyl halides is 1. The summed E-state index contributed by atoms with van der Waals surface area (Å²) in [7, 11) is 0. The predicted molar refractivity (Wildman–Crippen MR) is 82.0 cm³/mol.